The number of ether oxygens (including phenoxy) is 1. The smallest absolute Gasteiger partial charge is 0.317 e. The van der Waals surface area contributed by atoms with E-state index in [2.05, 4.69) is 50.8 Å². The van der Waals surface area contributed by atoms with Crippen LogP contribution in [-0.4, -0.2) is 31.9 Å². The lowest BCUT2D eigenvalue weighted by molar-refractivity contribution is -0.152. The zero-order valence-electron chi connectivity index (χ0n) is 19.4. The predicted molar refractivity (Wildman–Crippen MR) is 135 cm³/mol. The van der Waals surface area contributed by atoms with Crippen LogP contribution in [-0.2, 0) is 9.53 Å². The first-order valence-electron chi connectivity index (χ1n) is 11.6. The van der Waals surface area contributed by atoms with Crippen LogP contribution in [0, 0.1) is 5.92 Å². The zero-order chi connectivity index (χ0) is 23.9. The van der Waals surface area contributed by atoms with Gasteiger partial charge in [-0.1, -0.05) is 84.0 Å². The number of hydrogen-bond donors (Lipinski definition) is 0. The van der Waals surface area contributed by atoms with Gasteiger partial charge < -0.3 is 4.74 Å². The number of fused-ring (bicyclic) bond motifs is 3. The fourth-order valence-electron chi connectivity index (χ4n) is 5.04. The summed E-state index contributed by atoms with van der Waals surface area (Å²) in [7, 11) is 0. The van der Waals surface area contributed by atoms with Crippen molar-refractivity contribution in [1.82, 2.24) is 20.2 Å². The van der Waals surface area contributed by atoms with E-state index in [4.69, 9.17) is 4.74 Å². The molecule has 2 heterocycles. The van der Waals surface area contributed by atoms with Crippen molar-refractivity contribution in [2.24, 2.45) is 10.9 Å². The summed E-state index contributed by atoms with van der Waals surface area (Å²) in [5, 5.41) is 16.5. The molecule has 7 heteroatoms. The SMILES string of the molecule is CC1=Nc2nnnn2C(c2c3ccccc3cc3ccccc23)C1C(=O)OC(C)c1ccccc1. The van der Waals surface area contributed by atoms with E-state index in [9.17, 15) is 4.79 Å². The highest BCUT2D eigenvalue weighted by molar-refractivity contribution is 6.07. The molecule has 4 aromatic carbocycles. The van der Waals surface area contributed by atoms with E-state index in [0.29, 0.717) is 11.7 Å². The summed E-state index contributed by atoms with van der Waals surface area (Å²) in [4.78, 5) is 18.4. The molecule has 1 aliphatic rings. The van der Waals surface area contributed by atoms with E-state index in [1.54, 1.807) is 4.68 Å². The number of carbonyl (C=O) groups excluding carboxylic acids is 1. The van der Waals surface area contributed by atoms with Gasteiger partial charge >= 0.3 is 5.97 Å². The summed E-state index contributed by atoms with van der Waals surface area (Å²) in [6.45, 7) is 3.73. The average Bonchev–Trinajstić information content (AvgIpc) is 3.35. The second-order valence-electron chi connectivity index (χ2n) is 8.82. The molecule has 0 saturated carbocycles. The fraction of sp³-hybridized carbons (Fsp3) is 0.179. The molecular formula is C28H23N5O2. The molecule has 1 aromatic heterocycles. The van der Waals surface area contributed by atoms with Gasteiger partial charge in [-0.3, -0.25) is 4.79 Å². The van der Waals surface area contributed by atoms with Crippen molar-refractivity contribution in [3.8, 4) is 0 Å². The van der Waals surface area contributed by atoms with Crippen molar-refractivity contribution >= 4 is 39.2 Å². The Kier molecular flexibility index (Phi) is 5.10. The normalized spacial score (nSPS) is 18.2. The molecule has 5 aromatic rings. The second-order valence-corrected chi connectivity index (χ2v) is 8.82. The summed E-state index contributed by atoms with van der Waals surface area (Å²) in [6.07, 6.45) is -0.406. The molecule has 3 unspecified atom stereocenters. The highest BCUT2D eigenvalue weighted by Crippen LogP contribution is 2.42. The maximum Gasteiger partial charge on any atom is 0.317 e. The standard InChI is InChI=1S/C28H23N5O2/c1-17-24(27(34)35-18(2)19-10-4-3-5-11-19)26(33-28(29-17)30-31-32-33)25-22-14-8-6-12-20(22)16-21-13-7-9-15-23(21)25/h3-16,18,24,26H,1-2H3. The summed E-state index contributed by atoms with van der Waals surface area (Å²) >= 11 is 0. The first-order valence-corrected chi connectivity index (χ1v) is 11.6. The Morgan fingerprint density at radius 1 is 0.914 bits per heavy atom. The number of tetrazole rings is 1. The van der Waals surface area contributed by atoms with E-state index in [-0.39, 0.29) is 5.97 Å². The van der Waals surface area contributed by atoms with E-state index in [0.717, 1.165) is 32.7 Å². The monoisotopic (exact) mass is 461 g/mol. The number of carbonyl (C=O) groups is 1. The van der Waals surface area contributed by atoms with Crippen LogP contribution in [0.5, 0.6) is 0 Å². The van der Waals surface area contributed by atoms with Crippen LogP contribution in [0.25, 0.3) is 21.5 Å². The van der Waals surface area contributed by atoms with Crippen molar-refractivity contribution in [1.29, 1.82) is 0 Å². The van der Waals surface area contributed by atoms with Gasteiger partial charge in [0, 0.05) is 5.71 Å². The lowest BCUT2D eigenvalue weighted by atomic mass is 9.83. The predicted octanol–water partition coefficient (Wildman–Crippen LogP) is 5.60. The number of aliphatic imine (C=N–C) groups is 1. The highest BCUT2D eigenvalue weighted by atomic mass is 16.5. The third-order valence-corrected chi connectivity index (χ3v) is 6.71. The summed E-state index contributed by atoms with van der Waals surface area (Å²) < 4.78 is 7.67. The molecule has 0 radical (unpaired) electrons. The average molecular weight is 462 g/mol. The number of rotatable bonds is 4. The topological polar surface area (TPSA) is 82.3 Å². The molecule has 0 amide bonds. The van der Waals surface area contributed by atoms with Crippen LogP contribution in [0.2, 0.25) is 0 Å². The molecule has 0 spiro atoms. The van der Waals surface area contributed by atoms with Crippen molar-refractivity contribution in [2.45, 2.75) is 26.0 Å². The molecule has 0 bridgehead atoms. The van der Waals surface area contributed by atoms with Crippen LogP contribution in [0.1, 0.15) is 37.1 Å². The summed E-state index contributed by atoms with van der Waals surface area (Å²) in [5.74, 6) is -0.665. The molecule has 35 heavy (non-hydrogen) atoms. The molecule has 0 saturated heterocycles. The zero-order valence-corrected chi connectivity index (χ0v) is 19.4. The first kappa shape index (κ1) is 21.2. The maximum absolute atomic E-state index is 13.8. The minimum Gasteiger partial charge on any atom is -0.457 e. The molecule has 1 aliphatic heterocycles. The van der Waals surface area contributed by atoms with Gasteiger partial charge in [0.2, 0.25) is 0 Å². The first-order chi connectivity index (χ1) is 17.1. The molecule has 0 aliphatic carbocycles. The Balaban J connectivity index is 1.54. The fourth-order valence-corrected chi connectivity index (χ4v) is 5.04. The Hall–Kier alpha value is -4.39. The van der Waals surface area contributed by atoms with Crippen LogP contribution in [0.4, 0.5) is 5.95 Å². The van der Waals surface area contributed by atoms with Gasteiger partial charge in [-0.05, 0) is 63.0 Å². The highest BCUT2D eigenvalue weighted by Gasteiger charge is 2.42. The van der Waals surface area contributed by atoms with Gasteiger partial charge in [-0.25, -0.2) is 9.67 Å². The number of benzene rings is 4. The minimum atomic E-state index is -0.689. The molecule has 0 N–H and O–H groups in total. The Morgan fingerprint density at radius 3 is 2.23 bits per heavy atom. The Morgan fingerprint density at radius 2 is 1.54 bits per heavy atom. The van der Waals surface area contributed by atoms with E-state index >= 15 is 0 Å². The van der Waals surface area contributed by atoms with E-state index in [1.165, 1.54) is 0 Å². The second kappa shape index (κ2) is 8.43. The summed E-state index contributed by atoms with van der Waals surface area (Å²) in [5.41, 5.74) is 2.54. The molecule has 0 fully saturated rings. The van der Waals surface area contributed by atoms with Crippen LogP contribution >= 0.6 is 0 Å². The molecular weight excluding hydrogens is 438 g/mol. The number of esters is 1. The third-order valence-electron chi connectivity index (χ3n) is 6.71. The van der Waals surface area contributed by atoms with Crippen LogP contribution < -0.4 is 0 Å². The quantitative estimate of drug-likeness (QED) is 0.257. The van der Waals surface area contributed by atoms with Gasteiger partial charge in [-0.15, -0.1) is 0 Å². The van der Waals surface area contributed by atoms with Crippen molar-refractivity contribution in [3.05, 3.63) is 96.1 Å². The maximum atomic E-state index is 13.8. The number of hydrogen-bond acceptors (Lipinski definition) is 6. The van der Waals surface area contributed by atoms with Gasteiger partial charge in [0.05, 0.1) is 0 Å². The largest absolute Gasteiger partial charge is 0.457 e. The molecule has 7 nitrogen and oxygen atoms in total. The third kappa shape index (κ3) is 3.56. The molecule has 172 valence electrons. The van der Waals surface area contributed by atoms with Crippen LogP contribution in [0.3, 0.4) is 0 Å². The van der Waals surface area contributed by atoms with Gasteiger partial charge in [-0.2, -0.15) is 0 Å². The summed E-state index contributed by atoms with van der Waals surface area (Å²) in [6, 6.07) is 27.8. The van der Waals surface area contributed by atoms with Crippen molar-refractivity contribution < 1.29 is 9.53 Å². The van der Waals surface area contributed by atoms with Gasteiger partial charge in [0.1, 0.15) is 18.1 Å². The minimum absolute atomic E-state index is 0.356. The van der Waals surface area contributed by atoms with E-state index < -0.39 is 18.1 Å². The number of nitrogens with zero attached hydrogens (tertiary/aromatic N) is 5. The molecule has 3 atom stereocenters. The van der Waals surface area contributed by atoms with Gasteiger partial charge in [0.25, 0.3) is 5.95 Å². The molecule has 6 rings (SSSR count). The van der Waals surface area contributed by atoms with Gasteiger partial charge in [0.15, 0.2) is 0 Å². The lowest BCUT2D eigenvalue weighted by Gasteiger charge is -2.31. The van der Waals surface area contributed by atoms with Crippen LogP contribution in [0.15, 0.2) is 89.9 Å². The number of aromatic nitrogens is 4. The Bertz CT molecular complexity index is 1540. The lowest BCUT2D eigenvalue weighted by Crippen LogP contribution is -2.37. The van der Waals surface area contributed by atoms with E-state index in [1.807, 2.05) is 68.4 Å². The Labute approximate surface area is 202 Å². The van der Waals surface area contributed by atoms with Crippen molar-refractivity contribution in [3.63, 3.8) is 0 Å². The van der Waals surface area contributed by atoms with Crippen molar-refractivity contribution in [2.75, 3.05) is 0 Å².